The second-order valence-corrected chi connectivity index (χ2v) is 5.27. The smallest absolute Gasteiger partial charge is 0.177 e. The summed E-state index contributed by atoms with van der Waals surface area (Å²) in [7, 11) is 0. The molecule has 0 aliphatic carbocycles. The number of ether oxygens (including phenoxy) is 1. The average Bonchev–Trinajstić information content (AvgIpc) is 2.50. The molecule has 0 amide bonds. The highest BCUT2D eigenvalue weighted by atomic mass is 16.5. The van der Waals surface area contributed by atoms with Gasteiger partial charge >= 0.3 is 0 Å². The number of aliphatic hydroxyl groups excluding tert-OH is 1. The molecule has 5 nitrogen and oxygen atoms in total. The maximum Gasteiger partial charge on any atom is 0.177 e. The van der Waals surface area contributed by atoms with Gasteiger partial charge in [-0.3, -0.25) is 4.79 Å². The summed E-state index contributed by atoms with van der Waals surface area (Å²) in [5.41, 5.74) is 0.867. The molecule has 3 rings (SSSR count). The van der Waals surface area contributed by atoms with E-state index in [-0.39, 0.29) is 41.6 Å². The summed E-state index contributed by atoms with van der Waals surface area (Å²) in [6.45, 7) is -0.155. The highest BCUT2D eigenvalue weighted by molar-refractivity contribution is 6.04. The molecule has 0 fully saturated rings. The van der Waals surface area contributed by atoms with Crippen LogP contribution in [0.3, 0.4) is 0 Å². The van der Waals surface area contributed by atoms with E-state index in [0.29, 0.717) is 0 Å². The van der Waals surface area contributed by atoms with E-state index in [1.165, 1.54) is 6.07 Å². The third kappa shape index (κ3) is 2.40. The van der Waals surface area contributed by atoms with Crippen molar-refractivity contribution in [1.29, 1.82) is 0 Å². The normalized spacial score (nSPS) is 20.3. The van der Waals surface area contributed by atoms with Crippen LogP contribution in [-0.2, 0) is 0 Å². The van der Waals surface area contributed by atoms with E-state index in [0.717, 1.165) is 11.6 Å². The topological polar surface area (TPSA) is 87.0 Å². The fourth-order valence-electron chi connectivity index (χ4n) is 2.83. The van der Waals surface area contributed by atoms with E-state index in [2.05, 4.69) is 0 Å². The number of hydrogen-bond donors (Lipinski definition) is 3. The van der Waals surface area contributed by atoms with Crippen molar-refractivity contribution in [2.45, 2.75) is 12.5 Å². The van der Waals surface area contributed by atoms with Gasteiger partial charge in [-0.2, -0.15) is 0 Å². The molecule has 1 aliphatic heterocycles. The lowest BCUT2D eigenvalue weighted by Gasteiger charge is -2.33. The van der Waals surface area contributed by atoms with Crippen LogP contribution in [0.25, 0.3) is 0 Å². The number of carbonyl (C=O) groups excluding carboxylic acids is 1. The first kappa shape index (κ1) is 14.4. The number of phenols is 2. The Labute approximate surface area is 127 Å². The molecule has 0 saturated heterocycles. The zero-order chi connectivity index (χ0) is 15.7. The number of Topliss-reactive ketones (excluding diaryl/α,β-unsaturated/α-hetero) is 1. The van der Waals surface area contributed by atoms with Crippen LogP contribution < -0.4 is 4.74 Å². The Morgan fingerprint density at radius 1 is 1.09 bits per heavy atom. The zero-order valence-corrected chi connectivity index (χ0v) is 11.8. The van der Waals surface area contributed by atoms with Gasteiger partial charge in [0.05, 0.1) is 5.92 Å². The van der Waals surface area contributed by atoms with Gasteiger partial charge in [0.2, 0.25) is 0 Å². The van der Waals surface area contributed by atoms with Gasteiger partial charge in [-0.1, -0.05) is 30.3 Å². The van der Waals surface area contributed by atoms with Gasteiger partial charge in [-0.25, -0.2) is 0 Å². The number of aromatic hydroxyl groups is 2. The fourth-order valence-corrected chi connectivity index (χ4v) is 2.83. The molecule has 2 unspecified atom stereocenters. The maximum absolute atomic E-state index is 12.7. The predicted octanol–water partition coefficient (Wildman–Crippen LogP) is 2.41. The SMILES string of the molecule is O=C1c2c(O)cc(O)cc2OC(c2ccccc2)C1CCO. The summed E-state index contributed by atoms with van der Waals surface area (Å²) < 4.78 is 5.86. The predicted molar refractivity (Wildman–Crippen MR) is 79.1 cm³/mol. The summed E-state index contributed by atoms with van der Waals surface area (Å²) in [4.78, 5) is 12.7. The number of rotatable bonds is 3. The Bertz CT molecular complexity index is 696. The van der Waals surface area contributed by atoms with Crippen molar-refractivity contribution in [3.63, 3.8) is 0 Å². The molecule has 0 aromatic heterocycles. The van der Waals surface area contributed by atoms with Crippen molar-refractivity contribution in [3.8, 4) is 17.2 Å². The fraction of sp³-hybridized carbons (Fsp3) is 0.235. The molecular weight excluding hydrogens is 284 g/mol. The first-order chi connectivity index (χ1) is 10.6. The lowest BCUT2D eigenvalue weighted by atomic mass is 9.83. The number of ketones is 1. The van der Waals surface area contributed by atoms with E-state index < -0.39 is 12.0 Å². The van der Waals surface area contributed by atoms with Gasteiger partial charge in [0.1, 0.15) is 28.9 Å². The lowest BCUT2D eigenvalue weighted by molar-refractivity contribution is 0.0585. The first-order valence-corrected chi connectivity index (χ1v) is 7.04. The molecule has 2 atom stereocenters. The molecule has 3 N–H and O–H groups in total. The largest absolute Gasteiger partial charge is 0.508 e. The Kier molecular flexibility index (Phi) is 3.73. The van der Waals surface area contributed by atoms with Crippen LogP contribution in [0, 0.1) is 5.92 Å². The molecule has 114 valence electrons. The maximum atomic E-state index is 12.7. The van der Waals surface area contributed by atoms with Crippen LogP contribution >= 0.6 is 0 Å². The molecule has 2 aromatic rings. The molecule has 22 heavy (non-hydrogen) atoms. The van der Waals surface area contributed by atoms with Crippen LogP contribution in [0.4, 0.5) is 0 Å². The van der Waals surface area contributed by atoms with Gasteiger partial charge in [0.25, 0.3) is 0 Å². The van der Waals surface area contributed by atoms with Gasteiger partial charge < -0.3 is 20.1 Å². The van der Waals surface area contributed by atoms with Crippen molar-refractivity contribution >= 4 is 5.78 Å². The Morgan fingerprint density at radius 2 is 1.82 bits per heavy atom. The van der Waals surface area contributed by atoms with Gasteiger partial charge in [-0.05, 0) is 12.0 Å². The molecule has 0 spiro atoms. The number of fused-ring (bicyclic) bond motifs is 1. The summed E-state index contributed by atoms with van der Waals surface area (Å²) in [6, 6.07) is 11.7. The molecule has 0 bridgehead atoms. The molecule has 5 heteroatoms. The van der Waals surface area contributed by atoms with Crippen molar-refractivity contribution in [2.24, 2.45) is 5.92 Å². The van der Waals surface area contributed by atoms with Crippen LogP contribution in [-0.4, -0.2) is 27.7 Å². The van der Waals surface area contributed by atoms with Gasteiger partial charge in [0, 0.05) is 18.7 Å². The van der Waals surface area contributed by atoms with Crippen LogP contribution in [0.1, 0.15) is 28.4 Å². The minimum atomic E-state index is -0.588. The summed E-state index contributed by atoms with van der Waals surface area (Å²) in [6.07, 6.45) is -0.326. The highest BCUT2D eigenvalue weighted by Gasteiger charge is 2.39. The molecular formula is C17H16O5. The molecule has 1 aliphatic rings. The van der Waals surface area contributed by atoms with E-state index >= 15 is 0 Å². The van der Waals surface area contributed by atoms with Crippen LogP contribution in [0.2, 0.25) is 0 Å². The Hall–Kier alpha value is -2.53. The van der Waals surface area contributed by atoms with Gasteiger partial charge in [-0.15, -0.1) is 0 Å². The Balaban J connectivity index is 2.10. The van der Waals surface area contributed by atoms with E-state index in [9.17, 15) is 20.1 Å². The van der Waals surface area contributed by atoms with Crippen LogP contribution in [0.15, 0.2) is 42.5 Å². The van der Waals surface area contributed by atoms with Crippen LogP contribution in [0.5, 0.6) is 17.2 Å². The van der Waals surface area contributed by atoms with E-state index in [1.807, 2.05) is 30.3 Å². The highest BCUT2D eigenvalue weighted by Crippen LogP contribution is 2.45. The quantitative estimate of drug-likeness (QED) is 0.810. The molecule has 1 heterocycles. The van der Waals surface area contributed by atoms with E-state index in [4.69, 9.17) is 4.74 Å². The first-order valence-electron chi connectivity index (χ1n) is 7.04. The number of hydrogen-bond acceptors (Lipinski definition) is 5. The standard InChI is InChI=1S/C17H16O5/c18-7-6-12-16(21)15-13(20)8-11(19)9-14(15)22-17(12)10-4-2-1-3-5-10/h1-5,8-9,12,17-20H,6-7H2. The number of carbonyl (C=O) groups is 1. The van der Waals surface area contributed by atoms with Crippen molar-refractivity contribution < 1.29 is 24.9 Å². The minimum Gasteiger partial charge on any atom is -0.508 e. The summed E-state index contributed by atoms with van der Waals surface area (Å²) >= 11 is 0. The monoisotopic (exact) mass is 300 g/mol. The summed E-state index contributed by atoms with van der Waals surface area (Å²) in [5, 5.41) is 28.8. The second-order valence-electron chi connectivity index (χ2n) is 5.27. The lowest BCUT2D eigenvalue weighted by Crippen LogP contribution is -2.32. The van der Waals surface area contributed by atoms with Crippen molar-refractivity contribution in [1.82, 2.24) is 0 Å². The van der Waals surface area contributed by atoms with Gasteiger partial charge in [0.15, 0.2) is 5.78 Å². The number of aliphatic hydroxyl groups is 1. The van der Waals surface area contributed by atoms with Crippen molar-refractivity contribution in [2.75, 3.05) is 6.61 Å². The van der Waals surface area contributed by atoms with Crippen molar-refractivity contribution in [3.05, 3.63) is 53.6 Å². The molecule has 2 aromatic carbocycles. The third-order valence-corrected chi connectivity index (χ3v) is 3.84. The Morgan fingerprint density at radius 3 is 2.50 bits per heavy atom. The van der Waals surface area contributed by atoms with E-state index in [1.54, 1.807) is 0 Å². The molecule has 0 saturated carbocycles. The number of phenolic OH excluding ortho intramolecular Hbond substituents is 2. The third-order valence-electron chi connectivity index (χ3n) is 3.84. The average molecular weight is 300 g/mol. The minimum absolute atomic E-state index is 0.0587. The summed E-state index contributed by atoms with van der Waals surface area (Å²) in [5.74, 6) is -1.20. The zero-order valence-electron chi connectivity index (χ0n) is 11.8. The number of benzene rings is 2. The second kappa shape index (κ2) is 5.69. The molecule has 0 radical (unpaired) electrons.